The highest BCUT2D eigenvalue weighted by Crippen LogP contribution is 2.53. The molecular weight excluding hydrogens is 842 g/mol. The number of hydrogen-bond acceptors (Lipinski definition) is 10. The molecule has 0 bridgehead atoms. The SMILES string of the molecule is COc1ccc(C(OC[C@H]2O[C@@H](n3cnc4c(F)cc(F)cc43)[C@H](O[Si](C)(C)C(C)(C)C)[C@@H]2OP(OCCC#N)N(C(C)C)C(C)C)(c2ccccc2)c2ccc(OC)cc2)cc1. The highest BCUT2D eigenvalue weighted by Gasteiger charge is 2.54. The molecule has 5 atom stereocenters. The number of rotatable bonds is 19. The molecule has 6 rings (SSSR count). The van der Waals surface area contributed by atoms with Crippen molar-refractivity contribution in [2.45, 2.75) is 115 Å². The van der Waals surface area contributed by atoms with Gasteiger partial charge in [0.25, 0.3) is 8.53 Å². The Kier molecular flexibility index (Phi) is 15.5. The number of aromatic nitrogens is 2. The third-order valence-electron chi connectivity index (χ3n) is 11.9. The van der Waals surface area contributed by atoms with E-state index < -0.39 is 58.6 Å². The number of hydrogen-bond donors (Lipinski definition) is 0. The molecular formula is C48H61F2N4O7PSi. The molecule has 0 radical (unpaired) electrons. The molecule has 338 valence electrons. The van der Waals surface area contributed by atoms with Gasteiger partial charge in [-0.2, -0.15) is 5.26 Å². The monoisotopic (exact) mass is 902 g/mol. The number of nitriles is 1. The van der Waals surface area contributed by atoms with Crippen LogP contribution in [0.15, 0.2) is 97.3 Å². The first-order valence-corrected chi connectivity index (χ1v) is 25.4. The highest BCUT2D eigenvalue weighted by atomic mass is 31.2. The summed E-state index contributed by atoms with van der Waals surface area (Å²) in [5, 5.41) is 9.30. The smallest absolute Gasteiger partial charge is 0.259 e. The molecule has 15 heteroatoms. The Morgan fingerprint density at radius 3 is 1.95 bits per heavy atom. The number of methoxy groups -OCH3 is 2. The average Bonchev–Trinajstić information content (AvgIpc) is 3.81. The van der Waals surface area contributed by atoms with E-state index in [1.54, 1.807) is 18.8 Å². The third kappa shape index (κ3) is 10.3. The van der Waals surface area contributed by atoms with Crippen LogP contribution in [0.2, 0.25) is 18.1 Å². The van der Waals surface area contributed by atoms with Gasteiger partial charge >= 0.3 is 0 Å². The summed E-state index contributed by atoms with van der Waals surface area (Å²) in [6.45, 7) is 19.1. The van der Waals surface area contributed by atoms with Crippen LogP contribution in [0.3, 0.4) is 0 Å². The summed E-state index contributed by atoms with van der Waals surface area (Å²) in [4.78, 5) is 4.40. The second-order valence-electron chi connectivity index (χ2n) is 17.7. The van der Waals surface area contributed by atoms with Crippen LogP contribution >= 0.6 is 8.53 Å². The van der Waals surface area contributed by atoms with Crippen LogP contribution in [-0.2, 0) is 28.5 Å². The van der Waals surface area contributed by atoms with Gasteiger partial charge < -0.3 is 37.0 Å². The standard InChI is InChI=1S/C48H61F2N4O7PSi/c1-32(2)54(33(3)4)62(58-27-15-26-51)60-44-42(59-46(45(44)61-63(10,11)47(5,6)7)53-31-52-43-40(50)28-37(49)29-41(43)53)30-57-48(34-16-13-12-14-17-34,35-18-22-38(55-8)23-19-35)36-20-24-39(56-9)25-21-36/h12-14,16-25,28-29,31-33,42,44-46H,15,27,30H2,1-11H3/t42-,44-,45-,46-,62?/m1/s1. The zero-order valence-corrected chi connectivity index (χ0v) is 40.1. The van der Waals surface area contributed by atoms with Gasteiger partial charge in [0.1, 0.15) is 46.7 Å². The van der Waals surface area contributed by atoms with Gasteiger partial charge in [-0.25, -0.2) is 18.4 Å². The van der Waals surface area contributed by atoms with Crippen molar-refractivity contribution < 1.29 is 41.2 Å². The van der Waals surface area contributed by atoms with E-state index >= 15 is 8.78 Å². The Balaban J connectivity index is 1.57. The van der Waals surface area contributed by atoms with Crippen molar-refractivity contribution >= 4 is 27.9 Å². The van der Waals surface area contributed by atoms with Crippen molar-refractivity contribution in [3.63, 3.8) is 0 Å². The minimum absolute atomic E-state index is 0.00164. The molecule has 63 heavy (non-hydrogen) atoms. The highest BCUT2D eigenvalue weighted by molar-refractivity contribution is 7.44. The summed E-state index contributed by atoms with van der Waals surface area (Å²) in [7, 11) is -1.26. The molecule has 0 amide bonds. The van der Waals surface area contributed by atoms with Gasteiger partial charge in [-0.3, -0.25) is 0 Å². The molecule has 1 saturated heterocycles. The van der Waals surface area contributed by atoms with Gasteiger partial charge in [0.05, 0.1) is 51.8 Å². The van der Waals surface area contributed by atoms with Gasteiger partial charge in [-0.05, 0) is 86.8 Å². The average molecular weight is 903 g/mol. The van der Waals surface area contributed by atoms with Crippen molar-refractivity contribution in [3.05, 3.63) is 126 Å². The number of nitrogens with zero attached hydrogens (tertiary/aromatic N) is 4. The van der Waals surface area contributed by atoms with Crippen LogP contribution in [0.5, 0.6) is 11.5 Å². The Labute approximate surface area is 373 Å². The molecule has 2 heterocycles. The first-order chi connectivity index (χ1) is 29.9. The molecule has 0 saturated carbocycles. The van der Waals surface area contributed by atoms with E-state index in [0.717, 1.165) is 22.8 Å². The largest absolute Gasteiger partial charge is 0.497 e. The Morgan fingerprint density at radius 2 is 1.43 bits per heavy atom. The molecule has 1 aliphatic heterocycles. The predicted molar refractivity (Wildman–Crippen MR) is 244 cm³/mol. The summed E-state index contributed by atoms with van der Waals surface area (Å²) in [6.07, 6.45) is -1.92. The normalized spacial score (nSPS) is 19.0. The second-order valence-corrected chi connectivity index (χ2v) is 23.9. The van der Waals surface area contributed by atoms with E-state index in [1.165, 1.54) is 12.4 Å². The number of fused-ring (bicyclic) bond motifs is 1. The molecule has 0 spiro atoms. The van der Waals surface area contributed by atoms with E-state index in [1.807, 2.05) is 78.9 Å². The van der Waals surface area contributed by atoms with Gasteiger partial charge in [0, 0.05) is 24.2 Å². The van der Waals surface area contributed by atoms with Gasteiger partial charge in [-0.15, -0.1) is 0 Å². The second kappa shape index (κ2) is 20.3. The third-order valence-corrected chi connectivity index (χ3v) is 18.5. The van der Waals surface area contributed by atoms with Crippen molar-refractivity contribution in [1.29, 1.82) is 5.26 Å². The van der Waals surface area contributed by atoms with Crippen molar-refractivity contribution in [3.8, 4) is 17.6 Å². The predicted octanol–water partition coefficient (Wildman–Crippen LogP) is 11.3. The first-order valence-electron chi connectivity index (χ1n) is 21.3. The number of ether oxygens (including phenoxy) is 4. The fourth-order valence-electron chi connectivity index (χ4n) is 7.78. The van der Waals surface area contributed by atoms with Crippen LogP contribution in [0, 0.1) is 23.0 Å². The molecule has 4 aromatic carbocycles. The zero-order valence-electron chi connectivity index (χ0n) is 38.2. The Bertz CT molecular complexity index is 2250. The van der Waals surface area contributed by atoms with E-state index in [-0.39, 0.29) is 47.8 Å². The van der Waals surface area contributed by atoms with Crippen molar-refractivity contribution in [1.82, 2.24) is 14.2 Å². The molecule has 5 aromatic rings. The quantitative estimate of drug-likeness (QED) is 0.0344. The summed E-state index contributed by atoms with van der Waals surface area (Å²) >= 11 is 0. The summed E-state index contributed by atoms with van der Waals surface area (Å²) in [5.74, 6) is -0.176. The number of benzene rings is 4. The maximum atomic E-state index is 15.3. The minimum atomic E-state index is -2.67. The van der Waals surface area contributed by atoms with Crippen LogP contribution in [-0.4, -0.2) is 80.4 Å². The van der Waals surface area contributed by atoms with Gasteiger partial charge in [0.2, 0.25) is 0 Å². The molecule has 1 aromatic heterocycles. The minimum Gasteiger partial charge on any atom is -0.497 e. The topological polar surface area (TPSA) is 109 Å². The lowest BCUT2D eigenvalue weighted by atomic mass is 9.80. The molecule has 0 aliphatic carbocycles. The van der Waals surface area contributed by atoms with E-state index in [2.05, 4.69) is 77.3 Å². The van der Waals surface area contributed by atoms with Crippen LogP contribution in [0.25, 0.3) is 11.0 Å². The van der Waals surface area contributed by atoms with Crippen LogP contribution in [0.1, 0.15) is 77.8 Å². The van der Waals surface area contributed by atoms with E-state index in [9.17, 15) is 5.26 Å². The van der Waals surface area contributed by atoms with Crippen LogP contribution < -0.4 is 9.47 Å². The summed E-state index contributed by atoms with van der Waals surface area (Å²) < 4.78 is 81.1. The first kappa shape index (κ1) is 48.2. The molecule has 1 unspecified atom stereocenters. The lowest BCUT2D eigenvalue weighted by Gasteiger charge is -2.42. The maximum Gasteiger partial charge on any atom is 0.259 e. The lowest BCUT2D eigenvalue weighted by molar-refractivity contribution is -0.0925. The molecule has 1 aliphatic rings. The summed E-state index contributed by atoms with van der Waals surface area (Å²) in [5.41, 5.74) is 1.47. The molecule has 1 fully saturated rings. The summed E-state index contributed by atoms with van der Waals surface area (Å²) in [6, 6.07) is 29.7. The Morgan fingerprint density at radius 1 is 0.857 bits per heavy atom. The number of halogens is 2. The Hall–Kier alpha value is -4.29. The molecule has 0 N–H and O–H groups in total. The maximum absolute atomic E-state index is 15.3. The fraction of sp³-hybridized carbons (Fsp3) is 0.458. The van der Waals surface area contributed by atoms with Gasteiger partial charge in [-0.1, -0.05) is 75.4 Å². The van der Waals surface area contributed by atoms with Gasteiger partial charge in [0.15, 0.2) is 20.4 Å². The molecule has 11 nitrogen and oxygen atoms in total. The van der Waals surface area contributed by atoms with Crippen LogP contribution in [0.4, 0.5) is 8.78 Å². The van der Waals surface area contributed by atoms with E-state index in [0.29, 0.717) is 11.5 Å². The number of imidazole rings is 1. The lowest BCUT2D eigenvalue weighted by Crippen LogP contribution is -2.50. The van der Waals surface area contributed by atoms with Crippen molar-refractivity contribution in [2.24, 2.45) is 0 Å². The van der Waals surface area contributed by atoms with E-state index in [4.69, 9.17) is 32.4 Å². The van der Waals surface area contributed by atoms with Crippen molar-refractivity contribution in [2.75, 3.05) is 27.4 Å². The fourth-order valence-corrected chi connectivity index (χ4v) is 10.8. The zero-order chi connectivity index (χ0) is 45.7.